The third-order valence-electron chi connectivity index (χ3n) is 4.54. The first-order chi connectivity index (χ1) is 14.4. The fourth-order valence-corrected chi connectivity index (χ4v) is 3.34. The highest BCUT2D eigenvalue weighted by Gasteiger charge is 2.29. The Kier molecular flexibility index (Phi) is 6.25. The maximum atomic E-state index is 12.2. The van der Waals surface area contributed by atoms with Crippen LogP contribution in [-0.4, -0.2) is 69.5 Å². The van der Waals surface area contributed by atoms with E-state index >= 15 is 0 Å². The number of aromatic amines is 2. The van der Waals surface area contributed by atoms with Crippen LogP contribution in [0.1, 0.15) is 5.56 Å². The smallest absolute Gasteiger partial charge is 0.388 e. The molecule has 3 rings (SSSR count). The van der Waals surface area contributed by atoms with Gasteiger partial charge in [-0.05, 0) is 18.6 Å². The number of rotatable bonds is 7. The third-order valence-corrected chi connectivity index (χ3v) is 5.02. The molecule has 2 aliphatic rings. The van der Waals surface area contributed by atoms with Crippen molar-refractivity contribution >= 4 is 19.0 Å². The monoisotopic (exact) mass is 458 g/mol. The molecule has 15 heteroatoms. The lowest BCUT2D eigenvalue weighted by Gasteiger charge is -2.26. The number of aryl methyl sites for hydroxylation is 1. The number of phosphoric ester groups is 1. The number of hydrogen-bond acceptors (Lipinski definition) is 9. The van der Waals surface area contributed by atoms with Crippen molar-refractivity contribution in [1.29, 1.82) is 0 Å². The lowest BCUT2D eigenvalue weighted by molar-refractivity contribution is -0.0792. The molecule has 168 valence electrons. The molecule has 1 aromatic rings. The van der Waals surface area contributed by atoms with Crippen LogP contribution >= 0.6 is 7.82 Å². The van der Waals surface area contributed by atoms with Gasteiger partial charge in [0.15, 0.2) is 10.9 Å². The van der Waals surface area contributed by atoms with E-state index in [0.717, 1.165) is 0 Å². The molecule has 7 N–H and O–H groups in total. The summed E-state index contributed by atoms with van der Waals surface area (Å²) < 4.78 is 16.0. The molecule has 0 bridgehead atoms. The summed E-state index contributed by atoms with van der Waals surface area (Å²) in [7, 11) is -4.92. The lowest BCUT2D eigenvalue weighted by Crippen LogP contribution is -2.42. The topological polar surface area (TPSA) is 228 Å². The molecule has 1 aliphatic heterocycles. The highest BCUT2D eigenvalue weighted by atomic mass is 31.2. The summed E-state index contributed by atoms with van der Waals surface area (Å²) in [6.45, 7) is 0.0159. The highest BCUT2D eigenvalue weighted by molar-refractivity contribution is 7.46. The molecule has 0 spiro atoms. The van der Waals surface area contributed by atoms with E-state index in [1.54, 1.807) is 0 Å². The summed E-state index contributed by atoms with van der Waals surface area (Å²) in [5.41, 5.74) is -1.83. The second-order valence-electron chi connectivity index (χ2n) is 6.85. The minimum absolute atomic E-state index is 0.122. The molecule has 0 fully saturated rings. The van der Waals surface area contributed by atoms with Crippen molar-refractivity contribution in [2.24, 2.45) is 0 Å². The number of benzene rings is 1. The van der Waals surface area contributed by atoms with Crippen molar-refractivity contribution in [1.82, 2.24) is 19.5 Å². The molecule has 2 heterocycles. The van der Waals surface area contributed by atoms with Crippen molar-refractivity contribution in [3.63, 3.8) is 0 Å². The zero-order chi connectivity index (χ0) is 23.1. The van der Waals surface area contributed by atoms with Crippen LogP contribution in [0.2, 0.25) is 0 Å². The summed E-state index contributed by atoms with van der Waals surface area (Å²) in [5.74, 6) is 0. The van der Waals surface area contributed by atoms with E-state index in [1.807, 2.05) is 4.98 Å². The van der Waals surface area contributed by atoms with E-state index < -0.39 is 50.5 Å². The van der Waals surface area contributed by atoms with Crippen LogP contribution in [0, 0.1) is 6.92 Å². The quantitative estimate of drug-likeness (QED) is 0.143. The Labute approximate surface area is 172 Å². The van der Waals surface area contributed by atoms with Gasteiger partial charge in [0.1, 0.15) is 24.0 Å². The number of aliphatic hydroxyl groups is 3. The predicted molar refractivity (Wildman–Crippen MR) is 105 cm³/mol. The van der Waals surface area contributed by atoms with Gasteiger partial charge >= 0.3 is 13.5 Å². The Bertz CT molecular complexity index is 1310. The van der Waals surface area contributed by atoms with Gasteiger partial charge in [-0.1, -0.05) is 0 Å². The summed E-state index contributed by atoms with van der Waals surface area (Å²) in [4.78, 5) is 62.0. The zero-order valence-corrected chi connectivity index (χ0v) is 16.8. The molecular formula is C16H19N4O10P. The molecular weight excluding hydrogens is 439 g/mol. The van der Waals surface area contributed by atoms with E-state index in [4.69, 9.17) is 9.79 Å². The Morgan fingerprint density at radius 3 is 2.45 bits per heavy atom. The second-order valence-corrected chi connectivity index (χ2v) is 8.09. The van der Waals surface area contributed by atoms with Gasteiger partial charge < -0.3 is 29.7 Å². The molecule has 0 saturated carbocycles. The first kappa shape index (κ1) is 23.0. The van der Waals surface area contributed by atoms with Gasteiger partial charge in [-0.15, -0.1) is 0 Å². The van der Waals surface area contributed by atoms with Crippen LogP contribution in [-0.2, 0) is 15.6 Å². The molecule has 1 aromatic heterocycles. The van der Waals surface area contributed by atoms with E-state index in [-0.39, 0.29) is 28.0 Å². The number of phosphoric acid groups is 1. The number of aliphatic hydroxyl groups excluding tert-OH is 3. The summed E-state index contributed by atoms with van der Waals surface area (Å²) in [6, 6.07) is 2.58. The number of aromatic nitrogens is 4. The van der Waals surface area contributed by atoms with Gasteiger partial charge in [-0.25, -0.2) is 14.3 Å². The fraction of sp³-hybridized carbons (Fsp3) is 0.375. The van der Waals surface area contributed by atoms with E-state index in [2.05, 4.69) is 14.5 Å². The number of hydrogen-bond donors (Lipinski definition) is 7. The van der Waals surface area contributed by atoms with Crippen LogP contribution in [0.5, 0.6) is 0 Å². The van der Waals surface area contributed by atoms with E-state index in [0.29, 0.717) is 5.56 Å². The van der Waals surface area contributed by atoms with Crippen molar-refractivity contribution in [3.8, 4) is 11.4 Å². The van der Waals surface area contributed by atoms with Gasteiger partial charge in [0, 0.05) is 6.07 Å². The third kappa shape index (κ3) is 4.97. The maximum Gasteiger partial charge on any atom is 0.469 e. The second kappa shape index (κ2) is 8.43. The zero-order valence-electron chi connectivity index (χ0n) is 15.9. The first-order valence-electron chi connectivity index (χ1n) is 8.79. The molecule has 0 saturated heterocycles. The molecule has 31 heavy (non-hydrogen) atoms. The minimum Gasteiger partial charge on any atom is -0.388 e. The van der Waals surface area contributed by atoms with Crippen LogP contribution < -0.4 is 16.7 Å². The molecule has 0 radical (unpaired) electrons. The molecule has 0 amide bonds. The van der Waals surface area contributed by atoms with Crippen LogP contribution in [0.4, 0.5) is 0 Å². The Balaban J connectivity index is 2.08. The number of nitrogens with one attached hydrogen (secondary N) is 2. The van der Waals surface area contributed by atoms with Gasteiger partial charge in [-0.3, -0.25) is 24.1 Å². The van der Waals surface area contributed by atoms with Gasteiger partial charge in [0.2, 0.25) is 0 Å². The lowest BCUT2D eigenvalue weighted by atomic mass is 10.1. The average molecular weight is 458 g/mol. The summed E-state index contributed by atoms with van der Waals surface area (Å²) >= 11 is 0. The van der Waals surface area contributed by atoms with E-state index in [9.17, 15) is 34.3 Å². The molecule has 1 aliphatic carbocycles. The van der Waals surface area contributed by atoms with Crippen LogP contribution in [0.15, 0.2) is 26.5 Å². The standard InChI is InChI=1S/C16H19N4O10P/c1-6-2-7-8(3-9(6)21)20(14-12(17-7)15(25)19-16(26)18-14)4-10(22)13(24)11(23)5-30-31(27,28)29/h2-3,10-11,13,22-24H,4-5H2,1H3,(H2,27,28,29)(H2,18,19,25,26)/t10-,11+,13-/m0/s1. The largest absolute Gasteiger partial charge is 0.469 e. The molecule has 0 unspecified atom stereocenters. The molecule has 3 atom stereocenters. The Morgan fingerprint density at radius 1 is 1.13 bits per heavy atom. The summed E-state index contributed by atoms with van der Waals surface area (Å²) in [5, 5.41) is 30.4. The normalized spacial score (nSPS) is 15.3. The average Bonchev–Trinajstić information content (AvgIpc) is 2.67. The SMILES string of the molecule is Cc1cc2nc3c(=O)[nH]c(=O)[nH]c3n(C[C@H](O)[C@H](O)[C@H](O)COP(=O)(O)O)c-2cc1=O. The van der Waals surface area contributed by atoms with E-state index in [1.165, 1.54) is 23.6 Å². The number of fused-ring (bicyclic) bond motifs is 2. The maximum absolute atomic E-state index is 12.2. The minimum atomic E-state index is -4.92. The predicted octanol–water partition coefficient (Wildman–Crippen LogP) is -2.62. The van der Waals surface area contributed by atoms with Crippen molar-refractivity contribution < 1.29 is 34.2 Å². The first-order valence-corrected chi connectivity index (χ1v) is 10.3. The van der Waals surface area contributed by atoms with Crippen LogP contribution in [0.3, 0.4) is 0 Å². The Morgan fingerprint density at radius 2 is 1.81 bits per heavy atom. The van der Waals surface area contributed by atoms with Gasteiger partial charge in [0.05, 0.1) is 24.5 Å². The van der Waals surface area contributed by atoms with Crippen LogP contribution in [0.25, 0.3) is 22.6 Å². The molecule has 14 nitrogen and oxygen atoms in total. The summed E-state index contributed by atoms with van der Waals surface area (Å²) in [6.07, 6.45) is -5.60. The van der Waals surface area contributed by atoms with Crippen molar-refractivity contribution in [2.75, 3.05) is 6.61 Å². The molecule has 0 aromatic carbocycles. The fourth-order valence-electron chi connectivity index (χ4n) is 2.99. The van der Waals surface area contributed by atoms with Gasteiger partial charge in [-0.2, -0.15) is 0 Å². The number of H-pyrrole nitrogens is 2. The highest BCUT2D eigenvalue weighted by Crippen LogP contribution is 2.36. The number of nitrogens with zero attached hydrogens (tertiary/aromatic N) is 2. The van der Waals surface area contributed by atoms with Gasteiger partial charge in [0.25, 0.3) is 5.56 Å². The van der Waals surface area contributed by atoms with Crippen molar-refractivity contribution in [3.05, 3.63) is 48.8 Å². The van der Waals surface area contributed by atoms with Crippen molar-refractivity contribution in [2.45, 2.75) is 31.8 Å². The Hall–Kier alpha value is -2.71.